The molecule has 228 valence electrons. The quantitative estimate of drug-likeness (QED) is 0.193. The molecular formula is C43H31N5. The third kappa shape index (κ3) is 4.55. The Hall–Kier alpha value is -6.20. The Morgan fingerprint density at radius 1 is 0.458 bits per heavy atom. The smallest absolute Gasteiger partial charge is 0.164 e. The first-order valence-electron chi connectivity index (χ1n) is 16.2. The molecular weight excluding hydrogens is 587 g/mol. The van der Waals surface area contributed by atoms with E-state index in [1.807, 2.05) is 66.9 Å². The molecule has 0 fully saturated rings. The molecule has 6 aromatic carbocycles. The van der Waals surface area contributed by atoms with Crippen molar-refractivity contribution in [2.24, 2.45) is 0 Å². The highest BCUT2D eigenvalue weighted by Crippen LogP contribution is 2.51. The summed E-state index contributed by atoms with van der Waals surface area (Å²) in [6, 6.07) is 50.4. The van der Waals surface area contributed by atoms with Gasteiger partial charge in [-0.05, 0) is 45.5 Å². The fourth-order valence-corrected chi connectivity index (χ4v) is 7.11. The summed E-state index contributed by atoms with van der Waals surface area (Å²) < 4.78 is 2.10. The van der Waals surface area contributed by atoms with Gasteiger partial charge < -0.3 is 0 Å². The summed E-state index contributed by atoms with van der Waals surface area (Å²) in [6.45, 7) is 4.65. The third-order valence-corrected chi connectivity index (χ3v) is 9.54. The van der Waals surface area contributed by atoms with Crippen molar-refractivity contribution in [3.63, 3.8) is 0 Å². The van der Waals surface area contributed by atoms with Crippen LogP contribution in [0.2, 0.25) is 0 Å². The zero-order chi connectivity index (χ0) is 32.2. The first kappa shape index (κ1) is 28.1. The molecule has 5 heteroatoms. The Balaban J connectivity index is 1.05. The van der Waals surface area contributed by atoms with Gasteiger partial charge in [0.1, 0.15) is 0 Å². The van der Waals surface area contributed by atoms with Gasteiger partial charge in [-0.15, -0.1) is 0 Å². The van der Waals surface area contributed by atoms with Gasteiger partial charge in [-0.2, -0.15) is 5.10 Å². The lowest BCUT2D eigenvalue weighted by molar-refractivity contribution is 0.662. The van der Waals surface area contributed by atoms with Gasteiger partial charge in [0.25, 0.3) is 0 Å². The fourth-order valence-electron chi connectivity index (χ4n) is 7.11. The molecule has 8 aromatic rings. The molecule has 0 spiro atoms. The second-order valence-electron chi connectivity index (χ2n) is 12.8. The maximum Gasteiger partial charge on any atom is 0.164 e. The van der Waals surface area contributed by atoms with E-state index in [0.29, 0.717) is 17.5 Å². The van der Waals surface area contributed by atoms with Crippen molar-refractivity contribution >= 4 is 10.9 Å². The minimum Gasteiger partial charge on any atom is -0.233 e. The summed E-state index contributed by atoms with van der Waals surface area (Å²) in [5, 5.41) is 6.03. The van der Waals surface area contributed by atoms with E-state index >= 15 is 0 Å². The molecule has 1 aliphatic carbocycles. The van der Waals surface area contributed by atoms with Gasteiger partial charge in [0, 0.05) is 27.5 Å². The van der Waals surface area contributed by atoms with Crippen molar-refractivity contribution in [3.05, 3.63) is 163 Å². The van der Waals surface area contributed by atoms with Crippen LogP contribution in [-0.2, 0) is 5.41 Å². The second-order valence-corrected chi connectivity index (χ2v) is 12.8. The molecule has 0 atom stereocenters. The Labute approximate surface area is 279 Å². The van der Waals surface area contributed by atoms with E-state index < -0.39 is 0 Å². The third-order valence-electron chi connectivity index (χ3n) is 9.54. The van der Waals surface area contributed by atoms with Crippen molar-refractivity contribution in [2.45, 2.75) is 19.3 Å². The fraction of sp³-hybridized carbons (Fsp3) is 0.0698. The van der Waals surface area contributed by atoms with Crippen LogP contribution < -0.4 is 0 Å². The van der Waals surface area contributed by atoms with E-state index in [-0.39, 0.29) is 5.41 Å². The van der Waals surface area contributed by atoms with Crippen LogP contribution in [-0.4, -0.2) is 24.7 Å². The van der Waals surface area contributed by atoms with Crippen molar-refractivity contribution in [1.82, 2.24) is 24.7 Å². The van der Waals surface area contributed by atoms with Crippen molar-refractivity contribution in [2.75, 3.05) is 0 Å². The molecule has 0 saturated carbocycles. The molecule has 48 heavy (non-hydrogen) atoms. The maximum atomic E-state index is 4.88. The van der Waals surface area contributed by atoms with E-state index in [0.717, 1.165) is 38.9 Å². The summed E-state index contributed by atoms with van der Waals surface area (Å²) >= 11 is 0. The van der Waals surface area contributed by atoms with Gasteiger partial charge in [0.15, 0.2) is 17.5 Å². The Morgan fingerprint density at radius 2 is 0.958 bits per heavy atom. The topological polar surface area (TPSA) is 56.5 Å². The van der Waals surface area contributed by atoms with Crippen LogP contribution >= 0.6 is 0 Å². The molecule has 0 amide bonds. The van der Waals surface area contributed by atoms with Crippen LogP contribution in [0.1, 0.15) is 25.0 Å². The largest absolute Gasteiger partial charge is 0.233 e. The standard InChI is InChI=1S/C43H31N5/c1-43(2)37-16-10-9-15-35(37)36-26-23-33-27-44-48(39(33)38(36)43)34-24-21-29(22-25-34)28-17-19-32(20-18-28)42-46-40(30-11-5-3-6-12-30)45-41(47-42)31-13-7-4-8-14-31/h3-27H,1-2H3. The Kier molecular flexibility index (Phi) is 6.40. The SMILES string of the molecule is CC1(C)c2ccccc2-c2ccc3cnn(-c4ccc(-c5ccc(-c6nc(-c7ccccc7)nc(-c7ccccc7)n6)cc5)cc4)c3c21. The zero-order valence-corrected chi connectivity index (χ0v) is 26.7. The molecule has 0 N–H and O–H groups in total. The number of aromatic nitrogens is 5. The van der Waals surface area contributed by atoms with Crippen molar-refractivity contribution in [3.8, 4) is 62.1 Å². The Morgan fingerprint density at radius 3 is 1.56 bits per heavy atom. The molecule has 0 radical (unpaired) electrons. The lowest BCUT2D eigenvalue weighted by Gasteiger charge is -2.23. The van der Waals surface area contributed by atoms with Crippen LogP contribution in [0.3, 0.4) is 0 Å². The lowest BCUT2D eigenvalue weighted by atomic mass is 9.81. The van der Waals surface area contributed by atoms with Gasteiger partial charge in [0.2, 0.25) is 0 Å². The summed E-state index contributed by atoms with van der Waals surface area (Å²) in [4.78, 5) is 14.6. The van der Waals surface area contributed by atoms with Crippen LogP contribution in [0.5, 0.6) is 0 Å². The lowest BCUT2D eigenvalue weighted by Crippen LogP contribution is -2.16. The first-order valence-corrected chi connectivity index (χ1v) is 16.2. The number of hydrogen-bond acceptors (Lipinski definition) is 4. The van der Waals surface area contributed by atoms with E-state index in [9.17, 15) is 0 Å². The average molecular weight is 618 g/mol. The predicted molar refractivity (Wildman–Crippen MR) is 194 cm³/mol. The molecule has 0 bridgehead atoms. The van der Waals surface area contributed by atoms with Gasteiger partial charge in [-0.3, -0.25) is 0 Å². The van der Waals surface area contributed by atoms with Crippen molar-refractivity contribution < 1.29 is 0 Å². The van der Waals surface area contributed by atoms with Gasteiger partial charge in [0.05, 0.1) is 17.4 Å². The number of nitrogens with zero attached hydrogens (tertiary/aromatic N) is 5. The van der Waals surface area contributed by atoms with E-state index in [1.54, 1.807) is 0 Å². The number of hydrogen-bond donors (Lipinski definition) is 0. The van der Waals surface area contributed by atoms with Gasteiger partial charge >= 0.3 is 0 Å². The summed E-state index contributed by atoms with van der Waals surface area (Å²) in [7, 11) is 0. The normalized spacial score (nSPS) is 13.0. The molecule has 0 saturated heterocycles. The van der Waals surface area contributed by atoms with Crippen molar-refractivity contribution in [1.29, 1.82) is 0 Å². The monoisotopic (exact) mass is 617 g/mol. The highest BCUT2D eigenvalue weighted by molar-refractivity contribution is 5.96. The van der Waals surface area contributed by atoms with Gasteiger partial charge in [-0.25, -0.2) is 19.6 Å². The average Bonchev–Trinajstić information content (AvgIpc) is 3.68. The minimum absolute atomic E-state index is 0.118. The summed E-state index contributed by atoms with van der Waals surface area (Å²) in [5.41, 5.74) is 12.5. The van der Waals surface area contributed by atoms with Crippen LogP contribution in [0, 0.1) is 0 Å². The maximum absolute atomic E-state index is 4.88. The summed E-state index contributed by atoms with van der Waals surface area (Å²) in [5.74, 6) is 1.96. The van der Waals surface area contributed by atoms with Gasteiger partial charge in [-0.1, -0.05) is 147 Å². The predicted octanol–water partition coefficient (Wildman–Crippen LogP) is 10.2. The van der Waals surface area contributed by atoms with E-state index in [2.05, 4.69) is 103 Å². The molecule has 2 aromatic heterocycles. The number of benzene rings is 6. The molecule has 2 heterocycles. The minimum atomic E-state index is -0.118. The molecule has 0 unspecified atom stereocenters. The number of fused-ring (bicyclic) bond motifs is 5. The molecule has 9 rings (SSSR count). The Bertz CT molecular complexity index is 2390. The van der Waals surface area contributed by atoms with E-state index in [4.69, 9.17) is 20.1 Å². The number of rotatable bonds is 5. The highest BCUT2D eigenvalue weighted by atomic mass is 15.3. The molecule has 0 aliphatic heterocycles. The van der Waals surface area contributed by atoms with Crippen LogP contribution in [0.15, 0.2) is 152 Å². The van der Waals surface area contributed by atoms with Crippen LogP contribution in [0.4, 0.5) is 0 Å². The van der Waals surface area contributed by atoms with E-state index in [1.165, 1.54) is 27.8 Å². The molecule has 1 aliphatic rings. The highest BCUT2D eigenvalue weighted by Gasteiger charge is 2.37. The first-order chi connectivity index (χ1) is 23.5. The van der Waals surface area contributed by atoms with Crippen LogP contribution in [0.25, 0.3) is 73.0 Å². The zero-order valence-electron chi connectivity index (χ0n) is 26.7. The molecule has 5 nitrogen and oxygen atoms in total. The second kappa shape index (κ2) is 11.0. The summed E-state index contributed by atoms with van der Waals surface area (Å²) in [6.07, 6.45) is 1.98.